The molecule has 3 aromatic rings. The van der Waals surface area contributed by atoms with Crippen LogP contribution in [0.25, 0.3) is 10.9 Å². The molecule has 1 N–H and O–H groups in total. The van der Waals surface area contributed by atoms with Gasteiger partial charge < -0.3 is 9.72 Å². The van der Waals surface area contributed by atoms with Crippen LogP contribution in [0.1, 0.15) is 50.1 Å². The van der Waals surface area contributed by atoms with E-state index in [9.17, 15) is 8.78 Å². The zero-order chi connectivity index (χ0) is 25.6. The van der Waals surface area contributed by atoms with Crippen LogP contribution in [0.2, 0.25) is 5.02 Å². The minimum Gasteiger partial charge on any atom is -0.492 e. The van der Waals surface area contributed by atoms with Crippen LogP contribution in [-0.4, -0.2) is 59.5 Å². The van der Waals surface area contributed by atoms with Crippen LogP contribution in [0.4, 0.5) is 13.2 Å². The Morgan fingerprint density at radius 3 is 2.64 bits per heavy atom. The van der Waals surface area contributed by atoms with E-state index >= 15 is 4.39 Å². The van der Waals surface area contributed by atoms with Crippen molar-refractivity contribution >= 4 is 22.5 Å². The van der Waals surface area contributed by atoms with Gasteiger partial charge in [-0.05, 0) is 37.0 Å². The van der Waals surface area contributed by atoms with Crippen LogP contribution >= 0.6 is 11.6 Å². The second-order valence-corrected chi connectivity index (χ2v) is 10.9. The Bertz CT molecular complexity index is 1210. The fourth-order valence-electron chi connectivity index (χ4n) is 5.70. The molecule has 5 rings (SSSR count). The van der Waals surface area contributed by atoms with Crippen molar-refractivity contribution in [1.29, 1.82) is 0 Å². The Morgan fingerprint density at radius 1 is 1.19 bits per heavy atom. The molecule has 0 unspecified atom stereocenters. The molecule has 0 spiro atoms. The molecule has 0 radical (unpaired) electrons. The minimum absolute atomic E-state index is 0.174. The highest BCUT2D eigenvalue weighted by Gasteiger charge is 2.41. The molecule has 0 saturated carbocycles. The fraction of sp³-hybridized carbons (Fsp3) is 0.500. The Hall–Kier alpha value is -2.22. The molecule has 2 aromatic carbocycles. The van der Waals surface area contributed by atoms with E-state index in [0.29, 0.717) is 18.8 Å². The highest BCUT2D eigenvalue weighted by Crippen LogP contribution is 2.45. The molecule has 36 heavy (non-hydrogen) atoms. The number of halogens is 4. The number of H-pyrrole nitrogens is 1. The number of likely N-dealkylation sites (tertiary alicyclic amines) is 1. The van der Waals surface area contributed by atoms with Gasteiger partial charge in [0, 0.05) is 60.8 Å². The molecule has 194 valence electrons. The molecule has 1 fully saturated rings. The minimum atomic E-state index is -2.95. The number of fused-ring (bicyclic) bond motifs is 3. The molecular formula is C28H33ClF3N3O. The molecule has 0 amide bonds. The van der Waals surface area contributed by atoms with Crippen molar-refractivity contribution in [2.24, 2.45) is 5.92 Å². The van der Waals surface area contributed by atoms with Gasteiger partial charge in [-0.15, -0.1) is 0 Å². The van der Waals surface area contributed by atoms with Crippen molar-refractivity contribution in [1.82, 2.24) is 14.8 Å². The Balaban J connectivity index is 1.47. The van der Waals surface area contributed by atoms with E-state index in [0.717, 1.165) is 54.6 Å². The molecule has 0 bridgehead atoms. The maximum Gasteiger partial charge on any atom is 0.257 e. The lowest BCUT2D eigenvalue weighted by Crippen LogP contribution is -2.48. The van der Waals surface area contributed by atoms with Gasteiger partial charge in [0.2, 0.25) is 0 Å². The van der Waals surface area contributed by atoms with Crippen molar-refractivity contribution in [2.45, 2.75) is 51.6 Å². The third-order valence-electron chi connectivity index (χ3n) is 7.59. The highest BCUT2D eigenvalue weighted by molar-refractivity contribution is 6.31. The van der Waals surface area contributed by atoms with E-state index in [-0.39, 0.29) is 16.6 Å². The molecular weight excluding hydrogens is 487 g/mol. The Labute approximate surface area is 215 Å². The van der Waals surface area contributed by atoms with Crippen LogP contribution in [-0.2, 0) is 6.42 Å². The Kier molecular flexibility index (Phi) is 7.01. The average molecular weight is 520 g/mol. The molecule has 1 aromatic heterocycles. The summed E-state index contributed by atoms with van der Waals surface area (Å²) in [7, 11) is 0. The number of rotatable bonds is 8. The highest BCUT2D eigenvalue weighted by atomic mass is 35.5. The smallest absolute Gasteiger partial charge is 0.257 e. The topological polar surface area (TPSA) is 31.5 Å². The number of nitrogens with zero attached hydrogens (tertiary/aromatic N) is 2. The van der Waals surface area contributed by atoms with Crippen molar-refractivity contribution in [3.05, 3.63) is 64.1 Å². The molecule has 3 heterocycles. The normalized spacial score (nSPS) is 21.5. The van der Waals surface area contributed by atoms with Crippen LogP contribution < -0.4 is 4.74 Å². The number of benzene rings is 2. The van der Waals surface area contributed by atoms with Crippen molar-refractivity contribution in [3.8, 4) is 5.75 Å². The summed E-state index contributed by atoms with van der Waals surface area (Å²) in [4.78, 5) is 7.36. The fourth-order valence-corrected chi connectivity index (χ4v) is 6.00. The van der Waals surface area contributed by atoms with E-state index in [4.69, 9.17) is 16.3 Å². The van der Waals surface area contributed by atoms with Gasteiger partial charge >= 0.3 is 0 Å². The van der Waals surface area contributed by atoms with Gasteiger partial charge in [0.25, 0.3) is 5.92 Å². The molecule has 2 aliphatic heterocycles. The zero-order valence-corrected chi connectivity index (χ0v) is 21.7. The summed E-state index contributed by atoms with van der Waals surface area (Å²) in [5.74, 6) is -2.40. The van der Waals surface area contributed by atoms with Crippen molar-refractivity contribution in [3.63, 3.8) is 0 Å². The van der Waals surface area contributed by atoms with Gasteiger partial charge in [-0.2, -0.15) is 0 Å². The molecule has 1 saturated heterocycles. The number of hydrogen-bond donors (Lipinski definition) is 1. The van der Waals surface area contributed by atoms with Crippen molar-refractivity contribution < 1.29 is 17.9 Å². The molecule has 2 aliphatic rings. The van der Waals surface area contributed by atoms with E-state index in [2.05, 4.69) is 16.8 Å². The average Bonchev–Trinajstić information content (AvgIpc) is 3.14. The largest absolute Gasteiger partial charge is 0.492 e. The summed E-state index contributed by atoms with van der Waals surface area (Å²) in [6, 6.07) is 9.76. The van der Waals surface area contributed by atoms with Gasteiger partial charge in [-0.1, -0.05) is 43.1 Å². The summed E-state index contributed by atoms with van der Waals surface area (Å²) in [6.45, 7) is 7.84. The first-order chi connectivity index (χ1) is 17.1. The maximum atomic E-state index is 15.7. The van der Waals surface area contributed by atoms with E-state index < -0.39 is 24.3 Å². The number of alkyl halides is 2. The van der Waals surface area contributed by atoms with Gasteiger partial charge in [0.05, 0.1) is 17.6 Å². The summed E-state index contributed by atoms with van der Waals surface area (Å²) in [5.41, 5.74) is 2.84. The second kappa shape index (κ2) is 9.92. The second-order valence-electron chi connectivity index (χ2n) is 10.4. The zero-order valence-electron chi connectivity index (χ0n) is 21.0. The molecule has 0 aliphatic carbocycles. The van der Waals surface area contributed by atoms with Crippen LogP contribution in [0.3, 0.4) is 0 Å². The predicted molar refractivity (Wildman–Crippen MR) is 138 cm³/mol. The monoisotopic (exact) mass is 519 g/mol. The summed E-state index contributed by atoms with van der Waals surface area (Å²) in [5, 5.41) is 1.20. The first-order valence-corrected chi connectivity index (χ1v) is 13.1. The number of nitrogens with one attached hydrogen (secondary N) is 1. The van der Waals surface area contributed by atoms with Crippen LogP contribution in [0, 0.1) is 11.7 Å². The molecule has 2 atom stereocenters. The van der Waals surface area contributed by atoms with E-state index in [1.807, 2.05) is 31.2 Å². The first-order valence-electron chi connectivity index (χ1n) is 12.7. The summed E-state index contributed by atoms with van der Waals surface area (Å²) in [6.07, 6.45) is 1.76. The van der Waals surface area contributed by atoms with E-state index in [1.54, 1.807) is 11.0 Å². The standard InChI is InChI=1S/C28H33ClF3N3O/c1-4-18-14-34(15-18)9-10-36-19-12-22(29)25(23(30)13-19)27-26-21(20-7-5-6-8-24(20)33-26)11-17(2)35(27)16-28(3,31)32/h5-8,12-13,17-18,27,33H,4,9-11,14-16H2,1-3H3/t17-,27-/m1/s1. The number of aromatic nitrogens is 1. The first kappa shape index (κ1) is 25.4. The summed E-state index contributed by atoms with van der Waals surface area (Å²) < 4.78 is 50.2. The van der Waals surface area contributed by atoms with Gasteiger partial charge in [0.15, 0.2) is 0 Å². The number of ether oxygens (including phenoxy) is 1. The Morgan fingerprint density at radius 2 is 1.94 bits per heavy atom. The van der Waals surface area contributed by atoms with Gasteiger partial charge in [-0.25, -0.2) is 13.2 Å². The summed E-state index contributed by atoms with van der Waals surface area (Å²) >= 11 is 6.68. The SMILES string of the molecule is CCC1CN(CCOc2cc(F)c([C@@H]3c4[nH]c5ccccc5c4C[C@@H](C)N3CC(C)(F)F)c(Cl)c2)C1. The lowest BCUT2D eigenvalue weighted by Gasteiger charge is -2.42. The quantitative estimate of drug-likeness (QED) is 0.360. The van der Waals surface area contributed by atoms with Crippen LogP contribution in [0.5, 0.6) is 5.75 Å². The molecule has 4 nitrogen and oxygen atoms in total. The van der Waals surface area contributed by atoms with E-state index in [1.165, 1.54) is 12.5 Å². The van der Waals surface area contributed by atoms with Gasteiger partial charge in [-0.3, -0.25) is 9.80 Å². The van der Waals surface area contributed by atoms with Crippen molar-refractivity contribution in [2.75, 3.05) is 32.8 Å². The third kappa shape index (κ3) is 4.98. The number of hydrogen-bond acceptors (Lipinski definition) is 3. The van der Waals surface area contributed by atoms with Crippen LogP contribution in [0.15, 0.2) is 36.4 Å². The number of aromatic amines is 1. The lowest BCUT2D eigenvalue weighted by molar-refractivity contribution is -0.0370. The third-order valence-corrected chi connectivity index (χ3v) is 7.90. The maximum absolute atomic E-state index is 15.7. The predicted octanol–water partition coefficient (Wildman–Crippen LogP) is 6.67. The number of para-hydroxylation sites is 1. The lowest BCUT2D eigenvalue weighted by atomic mass is 9.88. The molecule has 8 heteroatoms. The van der Waals surface area contributed by atoms with Gasteiger partial charge in [0.1, 0.15) is 18.2 Å².